The van der Waals surface area contributed by atoms with Gasteiger partial charge in [0.2, 0.25) is 17.7 Å². The molecule has 1 aromatic rings. The van der Waals surface area contributed by atoms with Gasteiger partial charge in [-0.3, -0.25) is 14.4 Å². The van der Waals surface area contributed by atoms with Crippen LogP contribution < -0.4 is 16.4 Å². The number of hydrogen-bond acceptors (Lipinski definition) is 3. The summed E-state index contributed by atoms with van der Waals surface area (Å²) in [6.45, 7) is 5.18. The van der Waals surface area contributed by atoms with E-state index >= 15 is 0 Å². The lowest BCUT2D eigenvalue weighted by Crippen LogP contribution is -2.53. The van der Waals surface area contributed by atoms with Crippen molar-refractivity contribution < 1.29 is 14.4 Å². The predicted molar refractivity (Wildman–Crippen MR) is 98.4 cm³/mol. The first kappa shape index (κ1) is 21.3. The topological polar surface area (TPSA) is 101 Å². The Bertz CT molecular complexity index is 630. The Morgan fingerprint density at radius 3 is 2.08 bits per heavy atom. The van der Waals surface area contributed by atoms with Crippen LogP contribution in [-0.4, -0.2) is 29.8 Å². The number of carbonyl (C=O) groups is 3. The summed E-state index contributed by atoms with van der Waals surface area (Å²) in [4.78, 5) is 35.6. The molecule has 1 rings (SSSR count). The number of primary amides is 1. The number of rotatable bonds is 8. The van der Waals surface area contributed by atoms with Crippen molar-refractivity contribution in [2.24, 2.45) is 11.7 Å². The van der Waals surface area contributed by atoms with Gasteiger partial charge in [-0.05, 0) is 30.0 Å². The highest BCUT2D eigenvalue weighted by Crippen LogP contribution is 2.25. The highest BCUT2D eigenvalue weighted by Gasteiger charge is 2.26. The SMILES string of the molecule is CC(=O)N[C@@H](CC(C)C)C(=O)N[C@@H](Cc1c(Cl)cccc1Cl)C(N)=O. The molecule has 0 bridgehead atoms. The Morgan fingerprint density at radius 1 is 1.08 bits per heavy atom. The number of benzene rings is 1. The molecule has 0 saturated carbocycles. The van der Waals surface area contributed by atoms with Gasteiger partial charge < -0.3 is 16.4 Å². The van der Waals surface area contributed by atoms with Gasteiger partial charge in [-0.2, -0.15) is 0 Å². The summed E-state index contributed by atoms with van der Waals surface area (Å²) in [6.07, 6.45) is 0.498. The van der Waals surface area contributed by atoms with Crippen LogP contribution >= 0.6 is 23.2 Å². The number of amides is 3. The number of hydrogen-bond donors (Lipinski definition) is 3. The minimum absolute atomic E-state index is 0.0635. The highest BCUT2D eigenvalue weighted by molar-refractivity contribution is 6.36. The number of nitrogens with one attached hydrogen (secondary N) is 2. The molecule has 2 atom stereocenters. The van der Waals surface area contributed by atoms with E-state index in [4.69, 9.17) is 28.9 Å². The molecule has 25 heavy (non-hydrogen) atoms. The van der Waals surface area contributed by atoms with Gasteiger partial charge in [-0.25, -0.2) is 0 Å². The van der Waals surface area contributed by atoms with E-state index in [0.29, 0.717) is 22.0 Å². The molecule has 4 N–H and O–H groups in total. The predicted octanol–water partition coefficient (Wildman–Crippen LogP) is 2.06. The molecular weight excluding hydrogens is 365 g/mol. The fourth-order valence-electron chi connectivity index (χ4n) is 2.37. The molecule has 0 aromatic heterocycles. The second-order valence-corrected chi connectivity index (χ2v) is 7.06. The van der Waals surface area contributed by atoms with E-state index in [2.05, 4.69) is 10.6 Å². The van der Waals surface area contributed by atoms with E-state index in [-0.39, 0.29) is 18.2 Å². The van der Waals surface area contributed by atoms with Gasteiger partial charge in [0.25, 0.3) is 0 Å². The summed E-state index contributed by atoms with van der Waals surface area (Å²) >= 11 is 12.2. The molecule has 3 amide bonds. The minimum atomic E-state index is -0.992. The number of halogens is 2. The minimum Gasteiger partial charge on any atom is -0.368 e. The molecule has 0 radical (unpaired) electrons. The maximum atomic E-state index is 12.5. The lowest BCUT2D eigenvalue weighted by atomic mass is 10.0. The molecule has 0 fully saturated rings. The molecule has 0 spiro atoms. The van der Waals surface area contributed by atoms with E-state index in [1.54, 1.807) is 18.2 Å². The zero-order valence-corrected chi connectivity index (χ0v) is 15.9. The average molecular weight is 388 g/mol. The Balaban J connectivity index is 2.93. The van der Waals surface area contributed by atoms with Gasteiger partial charge in [0.1, 0.15) is 12.1 Å². The summed E-state index contributed by atoms with van der Waals surface area (Å²) in [5, 5.41) is 5.94. The van der Waals surface area contributed by atoms with Crippen LogP contribution in [0.5, 0.6) is 0 Å². The highest BCUT2D eigenvalue weighted by atomic mass is 35.5. The Hall–Kier alpha value is -1.79. The standard InChI is InChI=1S/C17H23Cl2N3O3/c1-9(2)7-15(21-10(3)23)17(25)22-14(16(20)24)8-11-12(18)5-4-6-13(11)19/h4-6,9,14-15H,7-8H2,1-3H3,(H2,20,24)(H,21,23)(H,22,25)/t14-,15-/m0/s1. The second kappa shape index (κ2) is 9.63. The van der Waals surface area contributed by atoms with Crippen molar-refractivity contribution in [3.63, 3.8) is 0 Å². The first-order valence-electron chi connectivity index (χ1n) is 7.91. The normalized spacial score (nSPS) is 13.2. The van der Waals surface area contributed by atoms with E-state index in [1.165, 1.54) is 6.92 Å². The molecule has 0 saturated heterocycles. The summed E-state index contributed by atoms with van der Waals surface area (Å²) in [7, 11) is 0. The Morgan fingerprint density at radius 2 is 1.64 bits per heavy atom. The van der Waals surface area contributed by atoms with Crippen molar-refractivity contribution in [1.29, 1.82) is 0 Å². The van der Waals surface area contributed by atoms with Crippen molar-refractivity contribution >= 4 is 40.9 Å². The van der Waals surface area contributed by atoms with Crippen LogP contribution in [0.3, 0.4) is 0 Å². The van der Waals surface area contributed by atoms with Gasteiger partial charge >= 0.3 is 0 Å². The third-order valence-electron chi connectivity index (χ3n) is 3.53. The van der Waals surface area contributed by atoms with Gasteiger partial charge in [0.05, 0.1) is 0 Å². The zero-order valence-electron chi connectivity index (χ0n) is 14.4. The van der Waals surface area contributed by atoms with E-state index in [0.717, 1.165) is 0 Å². The fraction of sp³-hybridized carbons (Fsp3) is 0.471. The number of carbonyl (C=O) groups excluding carboxylic acids is 3. The third-order valence-corrected chi connectivity index (χ3v) is 4.24. The molecule has 0 heterocycles. The van der Waals surface area contributed by atoms with Crippen LogP contribution in [0.2, 0.25) is 10.0 Å². The lowest BCUT2D eigenvalue weighted by Gasteiger charge is -2.23. The monoisotopic (exact) mass is 387 g/mol. The zero-order chi connectivity index (χ0) is 19.1. The smallest absolute Gasteiger partial charge is 0.243 e. The van der Waals surface area contributed by atoms with Gasteiger partial charge in [0.15, 0.2) is 0 Å². The summed E-state index contributed by atoms with van der Waals surface area (Å²) in [5.74, 6) is -1.34. The molecule has 138 valence electrons. The van der Waals surface area contributed by atoms with E-state index < -0.39 is 23.9 Å². The van der Waals surface area contributed by atoms with E-state index in [1.807, 2.05) is 13.8 Å². The summed E-state index contributed by atoms with van der Waals surface area (Å²) in [6, 6.07) is 3.22. The maximum absolute atomic E-state index is 12.5. The first-order chi connectivity index (χ1) is 11.6. The molecule has 8 heteroatoms. The van der Waals surface area contributed by atoms with Crippen molar-refractivity contribution in [3.05, 3.63) is 33.8 Å². The largest absolute Gasteiger partial charge is 0.368 e. The van der Waals surface area contributed by atoms with Crippen molar-refractivity contribution in [3.8, 4) is 0 Å². The van der Waals surface area contributed by atoms with Crippen LogP contribution in [0.25, 0.3) is 0 Å². The first-order valence-corrected chi connectivity index (χ1v) is 8.67. The number of nitrogens with two attached hydrogens (primary N) is 1. The molecular formula is C17H23Cl2N3O3. The van der Waals surface area contributed by atoms with Crippen molar-refractivity contribution in [2.45, 2.75) is 45.7 Å². The van der Waals surface area contributed by atoms with Crippen LogP contribution in [0.4, 0.5) is 0 Å². The van der Waals surface area contributed by atoms with Crippen molar-refractivity contribution in [2.75, 3.05) is 0 Å². The van der Waals surface area contributed by atoms with E-state index in [9.17, 15) is 14.4 Å². The van der Waals surface area contributed by atoms with Crippen LogP contribution in [0, 0.1) is 5.92 Å². The summed E-state index contributed by atoms with van der Waals surface area (Å²) in [5.41, 5.74) is 5.93. The van der Waals surface area contributed by atoms with Gasteiger partial charge in [0, 0.05) is 23.4 Å². The van der Waals surface area contributed by atoms with Crippen LogP contribution in [0.15, 0.2) is 18.2 Å². The van der Waals surface area contributed by atoms with Gasteiger partial charge in [-0.15, -0.1) is 0 Å². The second-order valence-electron chi connectivity index (χ2n) is 6.25. The third kappa shape index (κ3) is 6.92. The maximum Gasteiger partial charge on any atom is 0.243 e. The molecule has 0 aliphatic heterocycles. The average Bonchev–Trinajstić information content (AvgIpc) is 2.47. The molecule has 0 aliphatic rings. The molecule has 6 nitrogen and oxygen atoms in total. The van der Waals surface area contributed by atoms with Crippen molar-refractivity contribution in [1.82, 2.24) is 10.6 Å². The lowest BCUT2D eigenvalue weighted by molar-refractivity contribution is -0.131. The van der Waals surface area contributed by atoms with Crippen LogP contribution in [-0.2, 0) is 20.8 Å². The summed E-state index contributed by atoms with van der Waals surface area (Å²) < 4.78 is 0. The fourth-order valence-corrected chi connectivity index (χ4v) is 2.93. The molecule has 0 aliphatic carbocycles. The Kier molecular flexibility index (Phi) is 8.19. The Labute approximate surface area is 157 Å². The van der Waals surface area contributed by atoms with Crippen LogP contribution in [0.1, 0.15) is 32.8 Å². The van der Waals surface area contributed by atoms with Gasteiger partial charge in [-0.1, -0.05) is 43.1 Å². The quantitative estimate of drug-likeness (QED) is 0.635. The molecule has 1 aromatic carbocycles. The molecule has 0 unspecified atom stereocenters.